The number of rotatable bonds is 2. The Bertz CT molecular complexity index is 22.8. The van der Waals surface area contributed by atoms with Gasteiger partial charge in [0.2, 0.25) is 0 Å². The van der Waals surface area contributed by atoms with E-state index in [0.717, 1.165) is 19.5 Å². The molecule has 0 bridgehead atoms. The van der Waals surface area contributed by atoms with Crippen LogP contribution in [0.1, 0.15) is 6.42 Å². The molecule has 4 N–H and O–H groups in total. The minimum atomic E-state index is 0. The molecule has 0 amide bonds. The Balaban J connectivity index is -0.0000000267. The van der Waals surface area contributed by atoms with E-state index in [0.29, 0.717) is 0 Å². The number of hydrogen-bond acceptors (Lipinski definition) is 2. The molecule has 5 heteroatoms. The molecule has 0 aliphatic heterocycles. The zero-order chi connectivity index (χ0) is 4.12. The molecule has 8 heavy (non-hydrogen) atoms. The summed E-state index contributed by atoms with van der Waals surface area (Å²) in [7, 11) is 0. The van der Waals surface area contributed by atoms with Crippen molar-refractivity contribution >= 4 is 24.8 Å². The number of nitrogens with two attached hydrogens (primary N) is 2. The van der Waals surface area contributed by atoms with Crippen LogP contribution in [0.25, 0.3) is 0 Å². The van der Waals surface area contributed by atoms with Gasteiger partial charge in [-0.05, 0) is 19.5 Å². The Labute approximate surface area is 76.8 Å². The molecule has 0 saturated carbocycles. The molecular formula is C3H12Cl2N2Pt+2. The Morgan fingerprint density at radius 3 is 1.12 bits per heavy atom. The van der Waals surface area contributed by atoms with Crippen LogP contribution in [0.3, 0.4) is 0 Å². The smallest absolute Gasteiger partial charge is 0.330 e. The van der Waals surface area contributed by atoms with Crippen LogP contribution in [0, 0.1) is 0 Å². The molecule has 0 aliphatic carbocycles. The Morgan fingerprint density at radius 2 is 1.12 bits per heavy atom. The molecule has 0 aromatic heterocycles. The summed E-state index contributed by atoms with van der Waals surface area (Å²) in [6, 6.07) is 0. The quantitative estimate of drug-likeness (QED) is 0.750. The Kier molecular flexibility index (Phi) is 69.0. The Hall–Kier alpha value is 1.19. The molecule has 0 heterocycles. The van der Waals surface area contributed by atoms with Gasteiger partial charge in [-0.25, -0.2) is 0 Å². The normalized spacial score (nSPS) is 5.25. The van der Waals surface area contributed by atoms with Gasteiger partial charge in [0.15, 0.2) is 0 Å². The summed E-state index contributed by atoms with van der Waals surface area (Å²) < 4.78 is 0. The summed E-state index contributed by atoms with van der Waals surface area (Å²) in [5.74, 6) is 0. The minimum Gasteiger partial charge on any atom is -0.330 e. The first kappa shape index (κ1) is 22.9. The van der Waals surface area contributed by atoms with Crippen LogP contribution in [0.5, 0.6) is 0 Å². The molecule has 0 atom stereocenters. The molecule has 0 aliphatic rings. The van der Waals surface area contributed by atoms with Gasteiger partial charge in [-0.15, -0.1) is 24.8 Å². The second-order valence-electron chi connectivity index (χ2n) is 0.931. The van der Waals surface area contributed by atoms with E-state index >= 15 is 0 Å². The Morgan fingerprint density at radius 1 is 0.875 bits per heavy atom. The van der Waals surface area contributed by atoms with Crippen LogP contribution in [-0.2, 0) is 21.1 Å². The average Bonchev–Trinajstić information content (AvgIpc) is 1.41. The van der Waals surface area contributed by atoms with E-state index in [1.165, 1.54) is 0 Å². The van der Waals surface area contributed by atoms with Crippen LogP contribution >= 0.6 is 24.8 Å². The van der Waals surface area contributed by atoms with Gasteiger partial charge in [-0.1, -0.05) is 0 Å². The number of hydrogen-bond donors (Lipinski definition) is 2. The molecule has 56 valence electrons. The van der Waals surface area contributed by atoms with Gasteiger partial charge in [-0.2, -0.15) is 0 Å². The third-order valence-electron chi connectivity index (χ3n) is 0.408. The molecular weight excluding hydrogens is 330 g/mol. The molecule has 0 unspecified atom stereocenters. The van der Waals surface area contributed by atoms with Crippen molar-refractivity contribution in [1.29, 1.82) is 0 Å². The van der Waals surface area contributed by atoms with Crippen molar-refractivity contribution in [2.24, 2.45) is 11.5 Å². The predicted molar refractivity (Wildman–Crippen MR) is 37.2 cm³/mol. The van der Waals surface area contributed by atoms with Gasteiger partial charge in [0.1, 0.15) is 0 Å². The van der Waals surface area contributed by atoms with Crippen molar-refractivity contribution in [2.45, 2.75) is 6.42 Å². The van der Waals surface area contributed by atoms with E-state index in [4.69, 9.17) is 11.5 Å². The summed E-state index contributed by atoms with van der Waals surface area (Å²) in [5, 5.41) is 0. The van der Waals surface area contributed by atoms with Crippen molar-refractivity contribution in [2.75, 3.05) is 13.1 Å². The maximum Gasteiger partial charge on any atom is 2.00 e. The number of halogens is 2. The van der Waals surface area contributed by atoms with E-state index in [-0.39, 0.29) is 45.9 Å². The third kappa shape index (κ3) is 27.1. The van der Waals surface area contributed by atoms with E-state index in [2.05, 4.69) is 0 Å². The van der Waals surface area contributed by atoms with E-state index in [1.54, 1.807) is 0 Å². The summed E-state index contributed by atoms with van der Waals surface area (Å²) >= 11 is 0. The van der Waals surface area contributed by atoms with Crippen molar-refractivity contribution in [3.63, 3.8) is 0 Å². The second kappa shape index (κ2) is 24.1. The molecule has 0 spiro atoms. The van der Waals surface area contributed by atoms with Gasteiger partial charge >= 0.3 is 21.1 Å². The third-order valence-corrected chi connectivity index (χ3v) is 0.408. The van der Waals surface area contributed by atoms with Crippen LogP contribution in [0.2, 0.25) is 0 Å². The zero-order valence-corrected chi connectivity index (χ0v) is 8.31. The van der Waals surface area contributed by atoms with E-state index < -0.39 is 0 Å². The molecule has 0 rings (SSSR count). The largest absolute Gasteiger partial charge is 2.00 e. The molecule has 0 saturated heterocycles. The monoisotopic (exact) mass is 341 g/mol. The van der Waals surface area contributed by atoms with Gasteiger partial charge in [0.05, 0.1) is 0 Å². The first-order valence-electron chi connectivity index (χ1n) is 1.82. The fourth-order valence-corrected chi connectivity index (χ4v) is 0.118. The van der Waals surface area contributed by atoms with Crippen molar-refractivity contribution in [1.82, 2.24) is 0 Å². The van der Waals surface area contributed by atoms with Gasteiger partial charge in [0.25, 0.3) is 0 Å². The summed E-state index contributed by atoms with van der Waals surface area (Å²) in [6.07, 6.45) is 0.944. The fraction of sp³-hybridized carbons (Fsp3) is 1.00. The van der Waals surface area contributed by atoms with Gasteiger partial charge in [0, 0.05) is 0 Å². The molecule has 0 aromatic carbocycles. The van der Waals surface area contributed by atoms with Crippen LogP contribution in [-0.4, -0.2) is 13.1 Å². The zero-order valence-electron chi connectivity index (χ0n) is 4.41. The van der Waals surface area contributed by atoms with Crippen LogP contribution < -0.4 is 11.5 Å². The van der Waals surface area contributed by atoms with Crippen molar-refractivity contribution in [3.8, 4) is 0 Å². The average molecular weight is 342 g/mol. The van der Waals surface area contributed by atoms with E-state index in [1.807, 2.05) is 0 Å². The maximum absolute atomic E-state index is 5.06. The summed E-state index contributed by atoms with van der Waals surface area (Å²) in [4.78, 5) is 0. The van der Waals surface area contributed by atoms with Crippen LogP contribution in [0.4, 0.5) is 0 Å². The standard InChI is InChI=1S/C3H10N2.2ClH.Pt/c4-2-1-3-5;;;/h1-5H2;2*1H;/q;;;+2. The molecule has 0 aromatic rings. The molecule has 0 fully saturated rings. The summed E-state index contributed by atoms with van der Waals surface area (Å²) in [6.45, 7) is 1.44. The van der Waals surface area contributed by atoms with Crippen molar-refractivity contribution in [3.05, 3.63) is 0 Å². The molecule has 2 nitrogen and oxygen atoms in total. The van der Waals surface area contributed by atoms with Gasteiger partial charge in [-0.3, -0.25) is 0 Å². The first-order chi connectivity index (χ1) is 2.41. The van der Waals surface area contributed by atoms with E-state index in [9.17, 15) is 0 Å². The minimum absolute atomic E-state index is 0. The van der Waals surface area contributed by atoms with Crippen LogP contribution in [0.15, 0.2) is 0 Å². The summed E-state index contributed by atoms with van der Waals surface area (Å²) in [5.41, 5.74) is 10.1. The first-order valence-corrected chi connectivity index (χ1v) is 1.82. The topological polar surface area (TPSA) is 52.0 Å². The molecule has 0 radical (unpaired) electrons. The SMILES string of the molecule is Cl.Cl.NCCCN.[Pt+2]. The second-order valence-corrected chi connectivity index (χ2v) is 0.931. The van der Waals surface area contributed by atoms with Gasteiger partial charge < -0.3 is 11.5 Å². The van der Waals surface area contributed by atoms with Crippen molar-refractivity contribution < 1.29 is 21.1 Å². The predicted octanol–water partition coefficient (Wildman–Crippen LogP) is 0.135. The maximum atomic E-state index is 5.06. The fourth-order valence-electron chi connectivity index (χ4n) is 0.118.